The van der Waals surface area contributed by atoms with E-state index in [2.05, 4.69) is 15.3 Å². The first-order chi connectivity index (χ1) is 19.4. The normalized spacial score (nSPS) is 15.2. The van der Waals surface area contributed by atoms with Crippen LogP contribution in [0.4, 0.5) is 15.8 Å². The Labute approximate surface area is 228 Å². The van der Waals surface area contributed by atoms with Crippen LogP contribution in [0.1, 0.15) is 26.3 Å². The average Bonchev–Trinajstić information content (AvgIpc) is 3.28. The number of ketones is 2. The molecule has 0 atom stereocenters. The van der Waals surface area contributed by atoms with Gasteiger partial charge in [0.05, 0.1) is 7.11 Å². The smallest absolute Gasteiger partial charge is 0.244 e. The minimum Gasteiger partial charge on any atom is -0.497 e. The molecule has 9 heteroatoms. The molecule has 0 radical (unpaired) electrons. The lowest BCUT2D eigenvalue weighted by Gasteiger charge is -2.37. The summed E-state index contributed by atoms with van der Waals surface area (Å²) in [7, 11) is 1.55. The highest BCUT2D eigenvalue weighted by molar-refractivity contribution is 6.28. The molecule has 2 aromatic carbocycles. The van der Waals surface area contributed by atoms with Gasteiger partial charge in [0.25, 0.3) is 0 Å². The predicted molar refractivity (Wildman–Crippen MR) is 145 cm³/mol. The summed E-state index contributed by atoms with van der Waals surface area (Å²) >= 11 is 0. The van der Waals surface area contributed by atoms with E-state index in [-0.39, 0.29) is 27.8 Å². The van der Waals surface area contributed by atoms with Crippen LogP contribution in [-0.2, 0) is 10.2 Å². The largest absolute Gasteiger partial charge is 0.497 e. The Bertz CT molecular complexity index is 1650. The average molecular weight is 533 g/mol. The van der Waals surface area contributed by atoms with Crippen molar-refractivity contribution in [3.8, 4) is 5.75 Å². The maximum Gasteiger partial charge on any atom is 0.244 e. The molecule has 2 aliphatic heterocycles. The Balaban J connectivity index is 1.65. The summed E-state index contributed by atoms with van der Waals surface area (Å²) in [5, 5.41) is 2.78. The van der Waals surface area contributed by atoms with Crippen molar-refractivity contribution in [2.24, 2.45) is 0 Å². The third-order valence-electron chi connectivity index (χ3n) is 7.06. The van der Waals surface area contributed by atoms with Crippen LogP contribution < -0.4 is 15.0 Å². The van der Waals surface area contributed by atoms with Gasteiger partial charge in [-0.15, -0.1) is 0 Å². The fourth-order valence-electron chi connectivity index (χ4n) is 5.14. The first-order valence-corrected chi connectivity index (χ1v) is 12.3. The van der Waals surface area contributed by atoms with Gasteiger partial charge in [-0.2, -0.15) is 0 Å². The molecule has 0 saturated carbocycles. The second-order valence-electron chi connectivity index (χ2n) is 9.21. The van der Waals surface area contributed by atoms with Crippen molar-refractivity contribution in [3.63, 3.8) is 0 Å². The maximum absolute atomic E-state index is 14.8. The number of anilines is 2. The van der Waals surface area contributed by atoms with E-state index in [1.165, 1.54) is 79.7 Å². The first kappa shape index (κ1) is 24.9. The van der Waals surface area contributed by atoms with Crippen LogP contribution in [0.25, 0.3) is 0 Å². The van der Waals surface area contributed by atoms with E-state index in [1.807, 2.05) is 0 Å². The van der Waals surface area contributed by atoms with Gasteiger partial charge in [-0.1, -0.05) is 0 Å². The van der Waals surface area contributed by atoms with Crippen LogP contribution in [0.15, 0.2) is 115 Å². The zero-order valence-electron chi connectivity index (χ0n) is 21.2. The van der Waals surface area contributed by atoms with E-state index in [0.717, 1.165) is 0 Å². The van der Waals surface area contributed by atoms with Crippen molar-refractivity contribution in [2.45, 2.75) is 5.41 Å². The molecule has 0 bridgehead atoms. The van der Waals surface area contributed by atoms with Crippen LogP contribution in [0.5, 0.6) is 5.75 Å². The molecule has 1 spiro atoms. The molecule has 0 aliphatic carbocycles. The van der Waals surface area contributed by atoms with Crippen molar-refractivity contribution in [1.29, 1.82) is 0 Å². The number of rotatable bonds is 6. The van der Waals surface area contributed by atoms with Crippen LogP contribution in [0.2, 0.25) is 0 Å². The summed E-state index contributed by atoms with van der Waals surface area (Å²) < 4.78 is 20.0. The quantitative estimate of drug-likeness (QED) is 0.354. The number of nitrogens with one attached hydrogen (secondary N) is 1. The van der Waals surface area contributed by atoms with Gasteiger partial charge >= 0.3 is 0 Å². The third-order valence-corrected chi connectivity index (χ3v) is 7.06. The molecule has 0 fully saturated rings. The van der Waals surface area contributed by atoms with Crippen LogP contribution >= 0.6 is 0 Å². The van der Waals surface area contributed by atoms with Gasteiger partial charge in [0.1, 0.15) is 17.0 Å². The summed E-state index contributed by atoms with van der Waals surface area (Å²) in [5.74, 6) is -1.66. The SMILES string of the molecule is COc1ccc(N2C=C(C(=O)c3ccncc3)C3(C(=O)Nc4ccc(F)cc43)C(C(=O)c3ccncc3)=C2)cc1. The fourth-order valence-corrected chi connectivity index (χ4v) is 5.14. The highest BCUT2D eigenvalue weighted by Crippen LogP contribution is 2.52. The fraction of sp³-hybridized carbons (Fsp3) is 0.0645. The topological polar surface area (TPSA) is 101 Å². The van der Waals surface area contributed by atoms with Gasteiger partial charge < -0.3 is 15.0 Å². The Kier molecular flexibility index (Phi) is 6.03. The monoisotopic (exact) mass is 532 g/mol. The zero-order valence-corrected chi connectivity index (χ0v) is 21.2. The minimum absolute atomic E-state index is 0.0173. The number of hydrogen-bond donors (Lipinski definition) is 1. The summed E-state index contributed by atoms with van der Waals surface area (Å²) in [6, 6.07) is 16.9. The second kappa shape index (κ2) is 9.70. The molecule has 0 unspecified atom stereocenters. The van der Waals surface area contributed by atoms with Crippen molar-refractivity contribution in [1.82, 2.24) is 9.97 Å². The number of amides is 1. The number of aromatic nitrogens is 2. The van der Waals surface area contributed by atoms with E-state index in [4.69, 9.17) is 4.74 Å². The van der Waals surface area contributed by atoms with Gasteiger partial charge in [0.15, 0.2) is 11.6 Å². The highest BCUT2D eigenvalue weighted by Gasteiger charge is 2.58. The number of pyridine rings is 2. The number of benzene rings is 2. The molecule has 196 valence electrons. The van der Waals surface area contributed by atoms with Crippen molar-refractivity contribution in [2.75, 3.05) is 17.3 Å². The van der Waals surface area contributed by atoms with E-state index >= 15 is 0 Å². The van der Waals surface area contributed by atoms with Gasteiger partial charge in [0, 0.05) is 76.4 Å². The summed E-state index contributed by atoms with van der Waals surface area (Å²) in [4.78, 5) is 52.1. The van der Waals surface area contributed by atoms with E-state index < -0.39 is 28.7 Å². The number of ether oxygens (including phenoxy) is 1. The minimum atomic E-state index is -1.93. The number of methoxy groups -OCH3 is 1. The van der Waals surface area contributed by atoms with Crippen molar-refractivity contribution < 1.29 is 23.5 Å². The molecule has 1 N–H and O–H groups in total. The van der Waals surface area contributed by atoms with Gasteiger partial charge in [-0.3, -0.25) is 24.4 Å². The maximum atomic E-state index is 14.8. The Morgan fingerprint density at radius 2 is 1.38 bits per heavy atom. The lowest BCUT2D eigenvalue weighted by molar-refractivity contribution is -0.118. The van der Waals surface area contributed by atoms with E-state index in [1.54, 1.807) is 36.3 Å². The summed E-state index contributed by atoms with van der Waals surface area (Å²) in [5.41, 5.74) is -0.362. The van der Waals surface area contributed by atoms with Gasteiger partial charge in [-0.05, 0) is 66.7 Å². The van der Waals surface area contributed by atoms with Gasteiger partial charge in [-0.25, -0.2) is 4.39 Å². The molecule has 2 aliphatic rings. The third kappa shape index (κ3) is 3.87. The molecule has 40 heavy (non-hydrogen) atoms. The number of nitrogens with zero attached hydrogens (tertiary/aromatic N) is 3. The number of fused-ring (bicyclic) bond motifs is 2. The lowest BCUT2D eigenvalue weighted by Crippen LogP contribution is -2.47. The molecule has 1 amide bonds. The van der Waals surface area contributed by atoms with Crippen molar-refractivity contribution >= 4 is 28.8 Å². The number of Topliss-reactive ketones (excluding diaryl/α,β-unsaturated/α-hetero) is 2. The lowest BCUT2D eigenvalue weighted by atomic mass is 9.65. The van der Waals surface area contributed by atoms with Gasteiger partial charge in [0.2, 0.25) is 5.91 Å². The number of hydrogen-bond acceptors (Lipinski definition) is 7. The Morgan fingerprint density at radius 3 is 1.90 bits per heavy atom. The van der Waals surface area contributed by atoms with Crippen LogP contribution in [0, 0.1) is 5.82 Å². The standard InChI is InChI=1S/C31H21FN4O4/c1-40-23-5-3-22(4-6-23)36-17-25(28(37)19-8-12-33-13-9-19)31(24-16-21(32)2-7-27(24)35-30(31)39)26(18-36)29(38)20-10-14-34-15-11-20/h2-18H,1H3,(H,35,39). The Morgan fingerprint density at radius 1 is 0.825 bits per heavy atom. The predicted octanol–water partition coefficient (Wildman–Crippen LogP) is 4.87. The zero-order chi connectivity index (χ0) is 27.9. The molecule has 4 aromatic rings. The molecular weight excluding hydrogens is 511 g/mol. The highest BCUT2D eigenvalue weighted by atomic mass is 19.1. The molecule has 6 rings (SSSR count). The van der Waals surface area contributed by atoms with E-state index in [9.17, 15) is 18.8 Å². The molecule has 4 heterocycles. The molecule has 8 nitrogen and oxygen atoms in total. The van der Waals surface area contributed by atoms with Crippen LogP contribution in [-0.4, -0.2) is 34.6 Å². The first-order valence-electron chi connectivity index (χ1n) is 12.3. The Hall–Kier alpha value is -5.44. The molecule has 2 aromatic heterocycles. The number of carbonyl (C=O) groups is 3. The summed E-state index contributed by atoms with van der Waals surface area (Å²) in [6.07, 6.45) is 8.90. The van der Waals surface area contributed by atoms with Crippen molar-refractivity contribution in [3.05, 3.63) is 138 Å². The second-order valence-corrected chi connectivity index (χ2v) is 9.21. The number of carbonyl (C=O) groups excluding carboxylic acids is 3. The molecular formula is C31H21FN4O4. The molecule has 0 saturated heterocycles. The van der Waals surface area contributed by atoms with E-state index in [0.29, 0.717) is 17.1 Å². The summed E-state index contributed by atoms with van der Waals surface area (Å²) in [6.45, 7) is 0. The number of halogens is 1. The van der Waals surface area contributed by atoms with Crippen LogP contribution in [0.3, 0.4) is 0 Å².